The molecule has 4 N–H and O–H groups in total. The summed E-state index contributed by atoms with van der Waals surface area (Å²) in [6.45, 7) is 5.40. The molecule has 0 radical (unpaired) electrons. The molecule has 0 saturated heterocycles. The number of halogens is 1. The van der Waals surface area contributed by atoms with Crippen LogP contribution in [0.1, 0.15) is 33.1 Å². The Labute approximate surface area is 111 Å². The van der Waals surface area contributed by atoms with Crippen LogP contribution in [0.3, 0.4) is 0 Å². The molecule has 0 saturated carbocycles. The Hall–Kier alpha value is -0.880. The van der Waals surface area contributed by atoms with E-state index >= 15 is 0 Å². The Balaban J connectivity index is 2.35. The monoisotopic (exact) mass is 301 g/mol. The molecular formula is C11H20BrN5. The Kier molecular flexibility index (Phi) is 6.21. The van der Waals surface area contributed by atoms with Gasteiger partial charge in [-0.25, -0.2) is 10.8 Å². The van der Waals surface area contributed by atoms with Crippen LogP contribution in [0.5, 0.6) is 0 Å². The van der Waals surface area contributed by atoms with Gasteiger partial charge in [-0.05, 0) is 28.3 Å². The van der Waals surface area contributed by atoms with Crippen LogP contribution in [-0.4, -0.2) is 16.5 Å². The van der Waals surface area contributed by atoms with E-state index < -0.39 is 0 Å². The highest BCUT2D eigenvalue weighted by molar-refractivity contribution is 9.10. The van der Waals surface area contributed by atoms with Crippen molar-refractivity contribution in [2.24, 2.45) is 11.8 Å². The molecule has 1 rings (SSSR count). The van der Waals surface area contributed by atoms with Crippen molar-refractivity contribution >= 4 is 27.7 Å². The summed E-state index contributed by atoms with van der Waals surface area (Å²) in [5, 5.41) is 3.27. The predicted molar refractivity (Wildman–Crippen MR) is 74.7 cm³/mol. The number of nitrogens with zero attached hydrogens (tertiary/aromatic N) is 2. The van der Waals surface area contributed by atoms with Crippen LogP contribution in [0.4, 0.5) is 11.8 Å². The third kappa shape index (κ3) is 5.32. The average Bonchev–Trinajstić information content (AvgIpc) is 2.30. The molecular weight excluding hydrogens is 282 g/mol. The highest BCUT2D eigenvalue weighted by atomic mass is 79.9. The summed E-state index contributed by atoms with van der Waals surface area (Å²) >= 11 is 3.40. The molecule has 0 aliphatic rings. The topological polar surface area (TPSA) is 75.9 Å². The summed E-state index contributed by atoms with van der Waals surface area (Å²) in [6, 6.07) is 0. The van der Waals surface area contributed by atoms with Gasteiger partial charge in [-0.2, -0.15) is 4.98 Å². The summed E-state index contributed by atoms with van der Waals surface area (Å²) in [4.78, 5) is 8.21. The standard InChI is InChI=1S/C11H20BrN5/c1-8(2)5-3-4-6-14-10-9(12)7-15-11(16-10)17-13/h7-8H,3-6,13H2,1-2H3,(H2,14,15,16,17). The third-order valence-corrected chi connectivity index (χ3v) is 2.95. The molecule has 1 heterocycles. The number of hydrogen-bond donors (Lipinski definition) is 3. The Morgan fingerprint density at radius 2 is 2.18 bits per heavy atom. The van der Waals surface area contributed by atoms with Crippen molar-refractivity contribution in [3.63, 3.8) is 0 Å². The Morgan fingerprint density at radius 1 is 1.41 bits per heavy atom. The molecule has 0 aliphatic heterocycles. The van der Waals surface area contributed by atoms with Gasteiger partial charge in [0, 0.05) is 12.7 Å². The van der Waals surface area contributed by atoms with Crippen molar-refractivity contribution in [2.45, 2.75) is 33.1 Å². The van der Waals surface area contributed by atoms with Gasteiger partial charge in [0.1, 0.15) is 5.82 Å². The zero-order valence-corrected chi connectivity index (χ0v) is 11.9. The molecule has 0 aromatic carbocycles. The van der Waals surface area contributed by atoms with Crippen LogP contribution in [0.25, 0.3) is 0 Å². The van der Waals surface area contributed by atoms with E-state index in [4.69, 9.17) is 5.84 Å². The van der Waals surface area contributed by atoms with E-state index in [-0.39, 0.29) is 0 Å². The number of hydrogen-bond acceptors (Lipinski definition) is 5. The maximum absolute atomic E-state index is 5.26. The molecule has 96 valence electrons. The predicted octanol–water partition coefficient (Wildman–Crippen LogP) is 2.76. The van der Waals surface area contributed by atoms with Crippen LogP contribution >= 0.6 is 15.9 Å². The lowest BCUT2D eigenvalue weighted by Gasteiger charge is -2.09. The van der Waals surface area contributed by atoms with Gasteiger partial charge < -0.3 is 5.32 Å². The Morgan fingerprint density at radius 3 is 2.82 bits per heavy atom. The van der Waals surface area contributed by atoms with E-state index in [9.17, 15) is 0 Å². The average molecular weight is 302 g/mol. The minimum absolute atomic E-state index is 0.415. The molecule has 0 atom stereocenters. The zero-order valence-electron chi connectivity index (χ0n) is 10.3. The number of unbranched alkanes of at least 4 members (excludes halogenated alkanes) is 1. The summed E-state index contributed by atoms with van der Waals surface area (Å²) in [5.41, 5.74) is 2.43. The van der Waals surface area contributed by atoms with Crippen LogP contribution in [0.15, 0.2) is 10.7 Å². The molecule has 0 spiro atoms. The Bertz CT molecular complexity index is 343. The third-order valence-electron chi connectivity index (χ3n) is 2.37. The van der Waals surface area contributed by atoms with Gasteiger partial charge in [-0.15, -0.1) is 0 Å². The molecule has 1 aromatic heterocycles. The summed E-state index contributed by atoms with van der Waals surface area (Å²) in [6.07, 6.45) is 5.32. The van der Waals surface area contributed by atoms with Gasteiger partial charge in [0.15, 0.2) is 0 Å². The molecule has 0 fully saturated rings. The molecule has 6 heteroatoms. The van der Waals surface area contributed by atoms with Gasteiger partial charge in [0.25, 0.3) is 0 Å². The maximum Gasteiger partial charge on any atom is 0.239 e. The first kappa shape index (κ1) is 14.2. The van der Waals surface area contributed by atoms with E-state index in [2.05, 4.69) is 50.5 Å². The summed E-state index contributed by atoms with van der Waals surface area (Å²) < 4.78 is 0.848. The number of anilines is 2. The molecule has 0 bridgehead atoms. The van der Waals surface area contributed by atoms with E-state index in [1.807, 2.05) is 0 Å². The van der Waals surface area contributed by atoms with E-state index in [1.54, 1.807) is 6.20 Å². The SMILES string of the molecule is CC(C)CCCCNc1nc(NN)ncc1Br. The number of nitrogens with two attached hydrogens (primary N) is 1. The van der Waals surface area contributed by atoms with Crippen molar-refractivity contribution in [3.8, 4) is 0 Å². The number of nitrogens with one attached hydrogen (secondary N) is 2. The lowest BCUT2D eigenvalue weighted by Crippen LogP contribution is -2.12. The molecule has 5 nitrogen and oxygen atoms in total. The number of aromatic nitrogens is 2. The van der Waals surface area contributed by atoms with Gasteiger partial charge in [-0.1, -0.05) is 26.7 Å². The first-order valence-corrected chi connectivity index (χ1v) is 6.65. The maximum atomic E-state index is 5.26. The first-order valence-electron chi connectivity index (χ1n) is 5.86. The van der Waals surface area contributed by atoms with Crippen LogP contribution < -0.4 is 16.6 Å². The number of rotatable bonds is 7. The second kappa shape index (κ2) is 7.45. The second-order valence-corrected chi connectivity index (χ2v) is 5.21. The van der Waals surface area contributed by atoms with Crippen molar-refractivity contribution in [1.82, 2.24) is 9.97 Å². The molecule has 1 aromatic rings. The fourth-order valence-electron chi connectivity index (χ4n) is 1.45. The molecule has 0 amide bonds. The van der Waals surface area contributed by atoms with Gasteiger partial charge in [0.05, 0.1) is 4.47 Å². The summed E-state index contributed by atoms with van der Waals surface area (Å²) in [7, 11) is 0. The highest BCUT2D eigenvalue weighted by Gasteiger charge is 2.03. The lowest BCUT2D eigenvalue weighted by molar-refractivity contribution is 0.544. The minimum Gasteiger partial charge on any atom is -0.369 e. The highest BCUT2D eigenvalue weighted by Crippen LogP contribution is 2.19. The van der Waals surface area contributed by atoms with Crippen molar-refractivity contribution < 1.29 is 0 Å². The molecule has 0 unspecified atom stereocenters. The zero-order chi connectivity index (χ0) is 12.7. The largest absolute Gasteiger partial charge is 0.369 e. The van der Waals surface area contributed by atoms with Crippen LogP contribution in [0, 0.1) is 5.92 Å². The van der Waals surface area contributed by atoms with Gasteiger partial charge >= 0.3 is 0 Å². The van der Waals surface area contributed by atoms with Crippen molar-refractivity contribution in [3.05, 3.63) is 10.7 Å². The molecule has 0 aliphatic carbocycles. The molecule has 17 heavy (non-hydrogen) atoms. The minimum atomic E-state index is 0.415. The first-order chi connectivity index (χ1) is 8.13. The van der Waals surface area contributed by atoms with Crippen molar-refractivity contribution in [2.75, 3.05) is 17.3 Å². The lowest BCUT2D eigenvalue weighted by atomic mass is 10.1. The smallest absolute Gasteiger partial charge is 0.239 e. The normalized spacial score (nSPS) is 10.6. The number of hydrazine groups is 1. The number of nitrogen functional groups attached to an aromatic ring is 1. The fraction of sp³-hybridized carbons (Fsp3) is 0.636. The van der Waals surface area contributed by atoms with Gasteiger partial charge in [0.2, 0.25) is 5.95 Å². The van der Waals surface area contributed by atoms with E-state index in [0.717, 1.165) is 29.2 Å². The van der Waals surface area contributed by atoms with Gasteiger partial charge in [-0.3, -0.25) is 5.43 Å². The van der Waals surface area contributed by atoms with E-state index in [1.165, 1.54) is 12.8 Å². The fourth-order valence-corrected chi connectivity index (χ4v) is 1.78. The van der Waals surface area contributed by atoms with E-state index in [0.29, 0.717) is 5.95 Å². The quantitative estimate of drug-likeness (QED) is 0.410. The summed E-state index contributed by atoms with van der Waals surface area (Å²) in [5.74, 6) is 7.22. The van der Waals surface area contributed by atoms with Crippen LogP contribution in [0.2, 0.25) is 0 Å². The van der Waals surface area contributed by atoms with Crippen molar-refractivity contribution in [1.29, 1.82) is 0 Å². The van der Waals surface area contributed by atoms with Crippen LogP contribution in [-0.2, 0) is 0 Å². The second-order valence-electron chi connectivity index (χ2n) is 4.35.